The van der Waals surface area contributed by atoms with Crippen LogP contribution < -0.4 is 25.7 Å². The van der Waals surface area contributed by atoms with Crippen LogP contribution in [0.1, 0.15) is 61.0 Å². The Balaban J connectivity index is 1.44. The number of hydrogen-bond acceptors (Lipinski definition) is 6. The third-order valence-corrected chi connectivity index (χ3v) is 7.55. The van der Waals surface area contributed by atoms with Crippen LogP contribution in [0, 0.1) is 0 Å². The second-order valence-corrected chi connectivity index (χ2v) is 10.6. The molecular weight excluding hydrogens is 550 g/mol. The molecule has 0 bridgehead atoms. The summed E-state index contributed by atoms with van der Waals surface area (Å²) in [5.74, 6) is -0.264. The van der Waals surface area contributed by atoms with Gasteiger partial charge in [0, 0.05) is 21.8 Å². The summed E-state index contributed by atoms with van der Waals surface area (Å²) < 4.78 is 13.1. The number of aromatic nitrogens is 1. The van der Waals surface area contributed by atoms with E-state index in [-0.39, 0.29) is 24.1 Å². The van der Waals surface area contributed by atoms with E-state index in [4.69, 9.17) is 21.1 Å². The van der Waals surface area contributed by atoms with Gasteiger partial charge in [0.25, 0.3) is 5.56 Å². The van der Waals surface area contributed by atoms with Crippen LogP contribution in [0.5, 0.6) is 17.2 Å². The lowest BCUT2D eigenvalue weighted by atomic mass is 10.0. The Morgan fingerprint density at radius 2 is 1.95 bits per heavy atom. The molecule has 2 aromatic carbocycles. The van der Waals surface area contributed by atoms with Crippen molar-refractivity contribution in [2.75, 3.05) is 11.9 Å². The number of aromatic hydroxyl groups is 1. The van der Waals surface area contributed by atoms with Gasteiger partial charge in [0.15, 0.2) is 5.69 Å². The zero-order valence-electron chi connectivity index (χ0n) is 22.6. The van der Waals surface area contributed by atoms with Gasteiger partial charge in [0.1, 0.15) is 17.2 Å². The Hall–Kier alpha value is -4.18. The molecule has 1 aromatic heterocycles. The number of carboxylic acid groups (broad SMARTS) is 1. The highest BCUT2D eigenvalue weighted by molar-refractivity contribution is 6.31. The number of halogens is 1. The van der Waals surface area contributed by atoms with Crippen LogP contribution >= 0.6 is 11.6 Å². The minimum Gasteiger partial charge on any atom is -0.505 e. The molecule has 2 aliphatic rings. The first-order valence-electron chi connectivity index (χ1n) is 13.7. The summed E-state index contributed by atoms with van der Waals surface area (Å²) in [5, 5.41) is 26.1. The van der Waals surface area contributed by atoms with Crippen molar-refractivity contribution in [3.63, 3.8) is 0 Å². The van der Waals surface area contributed by atoms with Crippen LogP contribution in [0.15, 0.2) is 47.3 Å². The third kappa shape index (κ3) is 6.43. The second-order valence-electron chi connectivity index (χ2n) is 10.2. The van der Waals surface area contributed by atoms with Crippen LogP contribution in [0.3, 0.4) is 0 Å². The summed E-state index contributed by atoms with van der Waals surface area (Å²) in [5.41, 5.74) is 1.53. The second kappa shape index (κ2) is 12.1. The summed E-state index contributed by atoms with van der Waals surface area (Å²) in [6, 6.07) is 10.4. The van der Waals surface area contributed by atoms with Crippen molar-refractivity contribution in [3.05, 3.63) is 80.2 Å². The van der Waals surface area contributed by atoms with Gasteiger partial charge in [-0.15, -0.1) is 0 Å². The van der Waals surface area contributed by atoms with Crippen molar-refractivity contribution in [3.8, 4) is 17.2 Å². The molecular formula is C30H32ClN3O7. The average Bonchev–Trinajstić information content (AvgIpc) is 3.61. The number of ether oxygens (including phenoxy) is 2. The molecule has 1 fully saturated rings. The van der Waals surface area contributed by atoms with E-state index in [2.05, 4.69) is 10.6 Å². The van der Waals surface area contributed by atoms with E-state index in [1.165, 1.54) is 4.57 Å². The maximum absolute atomic E-state index is 13.7. The predicted octanol–water partition coefficient (Wildman–Crippen LogP) is 5.02. The number of anilines is 1. The van der Waals surface area contributed by atoms with Gasteiger partial charge >= 0.3 is 12.0 Å². The van der Waals surface area contributed by atoms with E-state index >= 15 is 0 Å². The minimum absolute atomic E-state index is 0.0855. The fourth-order valence-corrected chi connectivity index (χ4v) is 5.35. The van der Waals surface area contributed by atoms with Crippen molar-refractivity contribution in [1.29, 1.82) is 0 Å². The molecule has 1 atom stereocenters. The molecule has 5 rings (SSSR count). The van der Waals surface area contributed by atoms with Gasteiger partial charge in [-0.2, -0.15) is 0 Å². The molecule has 0 aliphatic heterocycles. The Bertz CT molecular complexity index is 1530. The fraction of sp³-hybridized carbons (Fsp3) is 0.367. The summed E-state index contributed by atoms with van der Waals surface area (Å²) in [6.45, 7) is 2.35. The zero-order valence-corrected chi connectivity index (χ0v) is 23.4. The van der Waals surface area contributed by atoms with Crippen molar-refractivity contribution in [2.24, 2.45) is 0 Å². The summed E-state index contributed by atoms with van der Waals surface area (Å²) >= 11 is 6.49. The van der Waals surface area contributed by atoms with Gasteiger partial charge in [-0.25, -0.2) is 4.79 Å². The first-order chi connectivity index (χ1) is 19.7. The third-order valence-electron chi connectivity index (χ3n) is 7.20. The molecule has 41 heavy (non-hydrogen) atoms. The number of nitrogens with zero attached hydrogens (tertiary/aromatic N) is 1. The zero-order chi connectivity index (χ0) is 29.1. The highest BCUT2D eigenvalue weighted by Gasteiger charge is 2.28. The maximum Gasteiger partial charge on any atom is 0.319 e. The fourth-order valence-electron chi connectivity index (χ4n) is 5.13. The number of aliphatic carboxylic acids is 1. The van der Waals surface area contributed by atoms with E-state index in [1.54, 1.807) is 42.5 Å². The number of rotatable bonds is 11. The number of carbonyl (C=O) groups excluding carboxylic acids is 1. The number of pyridine rings is 1. The van der Waals surface area contributed by atoms with Crippen molar-refractivity contribution in [2.45, 2.75) is 64.1 Å². The number of amides is 2. The van der Waals surface area contributed by atoms with E-state index in [0.29, 0.717) is 58.4 Å². The molecule has 2 aliphatic carbocycles. The molecule has 1 heterocycles. The highest BCUT2D eigenvalue weighted by Crippen LogP contribution is 2.36. The summed E-state index contributed by atoms with van der Waals surface area (Å²) in [7, 11) is 0. The number of carbonyl (C=O) groups is 2. The van der Waals surface area contributed by atoms with Gasteiger partial charge in [0.05, 0.1) is 31.7 Å². The first kappa shape index (κ1) is 28.4. The molecule has 11 heteroatoms. The number of fused-ring (bicyclic) bond motifs is 1. The largest absolute Gasteiger partial charge is 0.505 e. The van der Waals surface area contributed by atoms with E-state index < -0.39 is 30.0 Å². The lowest BCUT2D eigenvalue weighted by molar-refractivity contribution is -0.137. The van der Waals surface area contributed by atoms with Gasteiger partial charge in [0.2, 0.25) is 0 Å². The van der Waals surface area contributed by atoms with Crippen molar-refractivity contribution < 1.29 is 29.3 Å². The summed E-state index contributed by atoms with van der Waals surface area (Å²) in [4.78, 5) is 38.5. The smallest absolute Gasteiger partial charge is 0.319 e. The Morgan fingerprint density at radius 3 is 2.68 bits per heavy atom. The molecule has 0 spiro atoms. The van der Waals surface area contributed by atoms with Crippen LogP contribution in [0.2, 0.25) is 5.02 Å². The highest BCUT2D eigenvalue weighted by atomic mass is 35.5. The number of carboxylic acids is 1. The van der Waals surface area contributed by atoms with Gasteiger partial charge in [-0.3, -0.25) is 9.59 Å². The number of hydrogen-bond donors (Lipinski definition) is 4. The molecule has 1 saturated carbocycles. The Labute approximate surface area is 241 Å². The van der Waals surface area contributed by atoms with E-state index in [0.717, 1.165) is 19.3 Å². The lowest BCUT2D eigenvalue weighted by Crippen LogP contribution is -2.37. The van der Waals surface area contributed by atoms with Crippen molar-refractivity contribution >= 4 is 29.3 Å². The van der Waals surface area contributed by atoms with Gasteiger partial charge < -0.3 is 34.9 Å². The van der Waals surface area contributed by atoms with Gasteiger partial charge in [-0.1, -0.05) is 29.8 Å². The number of urea groups is 1. The number of nitrogens with one attached hydrogen (secondary N) is 2. The normalized spacial score (nSPS) is 14.7. The topological polar surface area (TPSA) is 139 Å². The molecule has 216 valence electrons. The Morgan fingerprint density at radius 1 is 1.17 bits per heavy atom. The quantitative estimate of drug-likeness (QED) is 0.249. The van der Waals surface area contributed by atoms with Crippen LogP contribution in [0.4, 0.5) is 10.5 Å². The Kier molecular flexibility index (Phi) is 8.39. The predicted molar refractivity (Wildman–Crippen MR) is 153 cm³/mol. The molecule has 0 unspecified atom stereocenters. The van der Waals surface area contributed by atoms with E-state index in [9.17, 15) is 24.6 Å². The molecule has 2 amide bonds. The molecule has 0 saturated heterocycles. The standard InChI is InChI=1S/C30H32ClN3O7/c1-2-40-25-11-5-9-22(31)21(25)16-34-24-10-4-8-20(24)28(37)27(29(34)38)33-30(39)32-23(15-26(35)36)17-6-3-7-19(14-17)41-18-12-13-18/h3,5-7,9,11,14,18,23,37H,2,4,8,10,12-13,15-16H2,1H3,(H,35,36)(H2,32,33,39)/t23-/m0/s1. The maximum atomic E-state index is 13.7. The van der Waals surface area contributed by atoms with Crippen LogP contribution in [-0.2, 0) is 24.2 Å². The minimum atomic E-state index is -1.11. The first-order valence-corrected chi connectivity index (χ1v) is 14.1. The van der Waals surface area contributed by atoms with Crippen LogP contribution in [-0.4, -0.2) is 39.5 Å². The van der Waals surface area contributed by atoms with E-state index in [1.807, 2.05) is 6.92 Å². The molecule has 3 aromatic rings. The van der Waals surface area contributed by atoms with Crippen molar-refractivity contribution in [1.82, 2.24) is 9.88 Å². The lowest BCUT2D eigenvalue weighted by Gasteiger charge is -2.21. The molecule has 0 radical (unpaired) electrons. The average molecular weight is 582 g/mol. The monoisotopic (exact) mass is 581 g/mol. The van der Waals surface area contributed by atoms with Gasteiger partial charge in [-0.05, 0) is 68.9 Å². The molecule has 4 N–H and O–H groups in total. The van der Waals surface area contributed by atoms with Crippen LogP contribution in [0.25, 0.3) is 0 Å². The number of benzene rings is 2. The SMILES string of the molecule is CCOc1cccc(Cl)c1Cn1c2c(c(O)c(NC(=O)N[C@@H](CC(=O)O)c3cccc(OC4CC4)c3)c1=O)CCC2. The summed E-state index contributed by atoms with van der Waals surface area (Å²) in [6.07, 6.45) is 3.54. The molecule has 10 nitrogen and oxygen atoms in total.